The van der Waals surface area contributed by atoms with E-state index in [1.54, 1.807) is 12.1 Å². The number of hydrogen-bond acceptors (Lipinski definition) is 4. The first-order valence-electron chi connectivity index (χ1n) is 7.05. The van der Waals surface area contributed by atoms with Gasteiger partial charge in [0.25, 0.3) is 0 Å². The van der Waals surface area contributed by atoms with Gasteiger partial charge in [-0.2, -0.15) is 0 Å². The van der Waals surface area contributed by atoms with E-state index in [0.717, 1.165) is 12.0 Å². The molecule has 0 saturated carbocycles. The van der Waals surface area contributed by atoms with Crippen molar-refractivity contribution in [2.75, 3.05) is 7.11 Å². The summed E-state index contributed by atoms with van der Waals surface area (Å²) in [6, 6.07) is 4.62. The third-order valence-corrected chi connectivity index (χ3v) is 3.41. The summed E-state index contributed by atoms with van der Waals surface area (Å²) in [4.78, 5) is 23.7. The van der Waals surface area contributed by atoms with Crippen LogP contribution in [-0.2, 0) is 4.79 Å². The third-order valence-electron chi connectivity index (χ3n) is 3.41. The number of carbonyl (C=O) groups is 2. The minimum Gasteiger partial charge on any atom is -0.496 e. The summed E-state index contributed by atoms with van der Waals surface area (Å²) in [5.74, 6) is -0.791. The zero-order chi connectivity index (χ0) is 16.0. The lowest BCUT2D eigenvalue weighted by atomic mass is 9.98. The van der Waals surface area contributed by atoms with Crippen molar-refractivity contribution in [2.24, 2.45) is 0 Å². The van der Waals surface area contributed by atoms with E-state index in [2.05, 4.69) is 5.32 Å². The fourth-order valence-corrected chi connectivity index (χ4v) is 2.07. The summed E-state index contributed by atoms with van der Waals surface area (Å²) >= 11 is 0. The van der Waals surface area contributed by atoms with Gasteiger partial charge in [-0.25, -0.2) is 0 Å². The number of carbonyl (C=O) groups excluding carboxylic acids is 1. The van der Waals surface area contributed by atoms with Gasteiger partial charge in [0.15, 0.2) is 5.78 Å². The molecular formula is C16H23NO4. The predicted octanol–water partition coefficient (Wildman–Crippen LogP) is 2.42. The standard InChI is InChI=1S/C16H23NO4/c1-5-11(3)17-13(9-15(18)19)16(20)12-8-10(2)6-7-14(12)21-4/h6-8,11,13,17H,5,9H2,1-4H3,(H,18,19). The summed E-state index contributed by atoms with van der Waals surface area (Å²) < 4.78 is 5.21. The molecule has 0 heterocycles. The molecule has 1 aromatic carbocycles. The second-order valence-electron chi connectivity index (χ2n) is 5.19. The smallest absolute Gasteiger partial charge is 0.305 e. The van der Waals surface area contributed by atoms with Crippen molar-refractivity contribution >= 4 is 11.8 Å². The number of benzene rings is 1. The van der Waals surface area contributed by atoms with Gasteiger partial charge in [0.1, 0.15) is 5.75 Å². The van der Waals surface area contributed by atoms with E-state index in [4.69, 9.17) is 9.84 Å². The maximum absolute atomic E-state index is 12.7. The average molecular weight is 293 g/mol. The number of nitrogens with one attached hydrogen (secondary N) is 1. The molecule has 0 aliphatic rings. The first-order chi connectivity index (χ1) is 9.88. The van der Waals surface area contributed by atoms with Crippen LogP contribution in [0.4, 0.5) is 0 Å². The Hall–Kier alpha value is -1.88. The van der Waals surface area contributed by atoms with E-state index in [1.165, 1.54) is 7.11 Å². The van der Waals surface area contributed by atoms with E-state index in [1.807, 2.05) is 26.8 Å². The van der Waals surface area contributed by atoms with Gasteiger partial charge < -0.3 is 15.2 Å². The van der Waals surface area contributed by atoms with Crippen molar-refractivity contribution < 1.29 is 19.4 Å². The fraction of sp³-hybridized carbons (Fsp3) is 0.500. The maximum atomic E-state index is 12.7. The van der Waals surface area contributed by atoms with Crippen LogP contribution in [0.3, 0.4) is 0 Å². The number of carboxylic acids is 1. The van der Waals surface area contributed by atoms with Crippen LogP contribution in [0.2, 0.25) is 0 Å². The Kier molecular flexibility index (Phi) is 6.37. The molecule has 0 aliphatic carbocycles. The quantitative estimate of drug-likeness (QED) is 0.720. The minimum atomic E-state index is -1.00. The molecule has 5 nitrogen and oxygen atoms in total. The summed E-state index contributed by atoms with van der Waals surface area (Å²) in [5.41, 5.74) is 1.34. The highest BCUT2D eigenvalue weighted by molar-refractivity contribution is 6.04. The largest absolute Gasteiger partial charge is 0.496 e. The second kappa shape index (κ2) is 7.78. The molecule has 116 valence electrons. The van der Waals surface area contributed by atoms with Gasteiger partial charge in [-0.05, 0) is 32.4 Å². The fourth-order valence-electron chi connectivity index (χ4n) is 2.07. The minimum absolute atomic E-state index is 0.0640. The van der Waals surface area contributed by atoms with Gasteiger partial charge in [-0.1, -0.05) is 18.6 Å². The summed E-state index contributed by atoms with van der Waals surface area (Å²) in [5, 5.41) is 12.1. The summed E-state index contributed by atoms with van der Waals surface area (Å²) in [6.45, 7) is 5.79. The van der Waals surface area contributed by atoms with Crippen LogP contribution in [0.25, 0.3) is 0 Å². The SMILES string of the molecule is CCC(C)NC(CC(=O)O)C(=O)c1cc(C)ccc1OC. The zero-order valence-corrected chi connectivity index (χ0v) is 13.0. The number of aliphatic carboxylic acids is 1. The molecule has 21 heavy (non-hydrogen) atoms. The summed E-state index contributed by atoms with van der Waals surface area (Å²) in [6.07, 6.45) is 0.564. The predicted molar refractivity (Wildman–Crippen MR) is 81.0 cm³/mol. The Balaban J connectivity index is 3.09. The number of ketones is 1. The zero-order valence-electron chi connectivity index (χ0n) is 13.0. The molecule has 5 heteroatoms. The van der Waals surface area contributed by atoms with E-state index < -0.39 is 12.0 Å². The normalized spacial score (nSPS) is 13.5. The Labute approximate surface area is 125 Å². The Bertz CT molecular complexity index is 513. The molecule has 2 N–H and O–H groups in total. The molecule has 0 aliphatic heterocycles. The first kappa shape index (κ1) is 17.2. The molecule has 0 aromatic heterocycles. The van der Waals surface area contributed by atoms with E-state index in [0.29, 0.717) is 11.3 Å². The van der Waals surface area contributed by atoms with Crippen LogP contribution in [-0.4, -0.2) is 36.1 Å². The van der Waals surface area contributed by atoms with Crippen molar-refractivity contribution in [1.82, 2.24) is 5.32 Å². The molecule has 0 bridgehead atoms. The number of rotatable bonds is 8. The van der Waals surface area contributed by atoms with Gasteiger partial charge in [-0.15, -0.1) is 0 Å². The highest BCUT2D eigenvalue weighted by Crippen LogP contribution is 2.22. The van der Waals surface area contributed by atoms with Crippen LogP contribution in [0, 0.1) is 6.92 Å². The lowest BCUT2D eigenvalue weighted by Crippen LogP contribution is -2.43. The highest BCUT2D eigenvalue weighted by Gasteiger charge is 2.26. The van der Waals surface area contributed by atoms with Gasteiger partial charge in [0, 0.05) is 6.04 Å². The van der Waals surface area contributed by atoms with Crippen LogP contribution >= 0.6 is 0 Å². The van der Waals surface area contributed by atoms with Crippen molar-refractivity contribution in [2.45, 2.75) is 45.7 Å². The number of aryl methyl sites for hydroxylation is 1. The second-order valence-corrected chi connectivity index (χ2v) is 5.19. The molecule has 0 fully saturated rings. The number of methoxy groups -OCH3 is 1. The van der Waals surface area contributed by atoms with Crippen LogP contribution in [0.1, 0.15) is 42.6 Å². The van der Waals surface area contributed by atoms with Crippen molar-refractivity contribution in [3.8, 4) is 5.75 Å². The average Bonchev–Trinajstić information content (AvgIpc) is 2.45. The van der Waals surface area contributed by atoms with Crippen LogP contribution in [0.15, 0.2) is 18.2 Å². The molecule has 0 spiro atoms. The molecular weight excluding hydrogens is 270 g/mol. The third kappa shape index (κ3) is 4.86. The molecule has 2 atom stereocenters. The molecule has 1 rings (SSSR count). The van der Waals surface area contributed by atoms with Crippen LogP contribution in [0.5, 0.6) is 5.75 Å². The number of carboxylic acid groups (broad SMARTS) is 1. The number of ether oxygens (including phenoxy) is 1. The van der Waals surface area contributed by atoms with Gasteiger partial charge >= 0.3 is 5.97 Å². The Morgan fingerprint density at radius 1 is 1.38 bits per heavy atom. The Morgan fingerprint density at radius 2 is 2.05 bits per heavy atom. The Morgan fingerprint density at radius 3 is 2.57 bits per heavy atom. The monoisotopic (exact) mass is 293 g/mol. The van der Waals surface area contributed by atoms with Crippen molar-refractivity contribution in [3.05, 3.63) is 29.3 Å². The van der Waals surface area contributed by atoms with E-state index >= 15 is 0 Å². The van der Waals surface area contributed by atoms with Gasteiger partial charge in [0.05, 0.1) is 25.1 Å². The highest BCUT2D eigenvalue weighted by atomic mass is 16.5. The number of Topliss-reactive ketones (excluding diaryl/α,β-unsaturated/α-hetero) is 1. The molecule has 0 amide bonds. The van der Waals surface area contributed by atoms with Crippen LogP contribution < -0.4 is 10.1 Å². The first-order valence-corrected chi connectivity index (χ1v) is 7.05. The van der Waals surface area contributed by atoms with Gasteiger partial charge in [-0.3, -0.25) is 9.59 Å². The van der Waals surface area contributed by atoms with Crippen molar-refractivity contribution in [1.29, 1.82) is 0 Å². The van der Waals surface area contributed by atoms with Gasteiger partial charge in [0.2, 0.25) is 0 Å². The molecule has 2 unspecified atom stereocenters. The van der Waals surface area contributed by atoms with E-state index in [-0.39, 0.29) is 18.2 Å². The topological polar surface area (TPSA) is 75.6 Å². The maximum Gasteiger partial charge on any atom is 0.305 e. The van der Waals surface area contributed by atoms with E-state index in [9.17, 15) is 9.59 Å². The molecule has 1 aromatic rings. The number of hydrogen-bond donors (Lipinski definition) is 2. The lowest BCUT2D eigenvalue weighted by Gasteiger charge is -2.21. The van der Waals surface area contributed by atoms with Crippen molar-refractivity contribution in [3.63, 3.8) is 0 Å². The lowest BCUT2D eigenvalue weighted by molar-refractivity contribution is -0.137. The molecule has 0 radical (unpaired) electrons. The summed E-state index contributed by atoms with van der Waals surface area (Å²) in [7, 11) is 1.50. The molecule has 0 saturated heterocycles.